The minimum atomic E-state index is -0.844. The summed E-state index contributed by atoms with van der Waals surface area (Å²) in [5, 5.41) is 13.7. The number of thioether (sulfide) groups is 1. The molecule has 0 spiro atoms. The van der Waals surface area contributed by atoms with Crippen molar-refractivity contribution >= 4 is 35.2 Å². The van der Waals surface area contributed by atoms with Crippen LogP contribution >= 0.6 is 11.8 Å². The first-order valence-electron chi connectivity index (χ1n) is 8.68. The quantitative estimate of drug-likeness (QED) is 0.271. The summed E-state index contributed by atoms with van der Waals surface area (Å²) in [7, 11) is 2.85. The Morgan fingerprint density at radius 1 is 1.32 bits per heavy atom. The van der Waals surface area contributed by atoms with E-state index in [1.54, 1.807) is 0 Å². The van der Waals surface area contributed by atoms with Crippen LogP contribution in [0.4, 0.5) is 5.69 Å². The molecule has 0 heterocycles. The molecule has 0 aliphatic rings. The summed E-state index contributed by atoms with van der Waals surface area (Å²) in [6, 6.07) is 4.10. The maximum atomic E-state index is 12.1. The number of hydrogen-bond acceptors (Lipinski definition) is 7. The van der Waals surface area contributed by atoms with Crippen LogP contribution < -0.4 is 5.32 Å². The first-order chi connectivity index (χ1) is 13.1. The van der Waals surface area contributed by atoms with Crippen LogP contribution in [0.3, 0.4) is 0 Å². The number of esters is 1. The summed E-state index contributed by atoms with van der Waals surface area (Å²) >= 11 is 1.36. The van der Waals surface area contributed by atoms with Gasteiger partial charge in [-0.05, 0) is 30.2 Å². The maximum Gasteiger partial charge on any atom is 0.338 e. The summed E-state index contributed by atoms with van der Waals surface area (Å²) in [4.78, 5) is 47.6. The summed E-state index contributed by atoms with van der Waals surface area (Å²) in [6.45, 7) is 3.41. The molecular weight excluding hydrogens is 386 g/mol. The molecule has 1 aromatic carbocycles. The number of hydrogen-bond donors (Lipinski definition) is 1. The molecule has 1 N–H and O–H groups in total. The van der Waals surface area contributed by atoms with Crippen LogP contribution in [0.15, 0.2) is 23.1 Å². The predicted octanol–water partition coefficient (Wildman–Crippen LogP) is 2.09. The van der Waals surface area contributed by atoms with Gasteiger partial charge in [-0.2, -0.15) is 0 Å². The van der Waals surface area contributed by atoms with E-state index in [2.05, 4.69) is 19.2 Å². The number of carbonyl (C=O) groups is 3. The average Bonchev–Trinajstić information content (AvgIpc) is 2.65. The molecular formula is C18H25N3O6S. The molecule has 0 fully saturated rings. The second-order valence-electron chi connectivity index (χ2n) is 6.47. The van der Waals surface area contributed by atoms with Gasteiger partial charge in [-0.25, -0.2) is 4.79 Å². The number of likely N-dealkylation sites (N-methyl/N-ethyl adjacent to an activating group) is 2. The molecule has 0 bridgehead atoms. The predicted molar refractivity (Wildman–Crippen MR) is 105 cm³/mol. The van der Waals surface area contributed by atoms with Crippen LogP contribution in [0.2, 0.25) is 0 Å². The number of rotatable bonds is 10. The van der Waals surface area contributed by atoms with Crippen molar-refractivity contribution in [3.8, 4) is 0 Å². The second-order valence-corrected chi connectivity index (χ2v) is 7.61. The molecule has 1 aromatic rings. The van der Waals surface area contributed by atoms with Crippen molar-refractivity contribution < 1.29 is 24.0 Å². The van der Waals surface area contributed by atoms with Gasteiger partial charge in [-0.3, -0.25) is 19.7 Å². The third-order valence-corrected chi connectivity index (χ3v) is 4.85. The highest BCUT2D eigenvalue weighted by Gasteiger charge is 2.20. The fourth-order valence-electron chi connectivity index (χ4n) is 2.02. The van der Waals surface area contributed by atoms with E-state index >= 15 is 0 Å². The van der Waals surface area contributed by atoms with Gasteiger partial charge in [0.05, 0.1) is 21.9 Å². The van der Waals surface area contributed by atoms with E-state index < -0.39 is 23.4 Å². The normalized spacial score (nSPS) is 10.5. The smallest absolute Gasteiger partial charge is 0.338 e. The number of ether oxygens (including phenoxy) is 1. The van der Waals surface area contributed by atoms with Gasteiger partial charge in [0.25, 0.3) is 11.6 Å². The highest BCUT2D eigenvalue weighted by molar-refractivity contribution is 7.99. The maximum absolute atomic E-state index is 12.1. The third kappa shape index (κ3) is 7.55. The molecule has 28 heavy (non-hydrogen) atoms. The van der Waals surface area contributed by atoms with Gasteiger partial charge in [0.2, 0.25) is 5.91 Å². The number of carbonyl (C=O) groups excluding carboxylic acids is 3. The van der Waals surface area contributed by atoms with Crippen LogP contribution in [0.1, 0.15) is 30.6 Å². The third-order valence-electron chi connectivity index (χ3n) is 3.76. The Morgan fingerprint density at radius 3 is 2.57 bits per heavy atom. The van der Waals surface area contributed by atoms with E-state index in [1.165, 1.54) is 38.0 Å². The lowest BCUT2D eigenvalue weighted by Crippen LogP contribution is -2.39. The molecule has 10 heteroatoms. The highest BCUT2D eigenvalue weighted by Crippen LogP contribution is 2.31. The van der Waals surface area contributed by atoms with Crippen molar-refractivity contribution in [2.45, 2.75) is 25.2 Å². The Hall–Kier alpha value is -2.62. The number of nitro groups is 1. The van der Waals surface area contributed by atoms with Crippen LogP contribution in [0.25, 0.3) is 0 Å². The zero-order chi connectivity index (χ0) is 21.3. The Kier molecular flexibility index (Phi) is 9.43. The van der Waals surface area contributed by atoms with Gasteiger partial charge in [0.1, 0.15) is 0 Å². The van der Waals surface area contributed by atoms with Crippen LogP contribution in [0.5, 0.6) is 0 Å². The van der Waals surface area contributed by atoms with E-state index in [0.29, 0.717) is 10.8 Å². The topological polar surface area (TPSA) is 119 Å². The van der Waals surface area contributed by atoms with Gasteiger partial charge in [-0.1, -0.05) is 13.8 Å². The number of nitrogens with zero attached hydrogens (tertiary/aromatic N) is 2. The van der Waals surface area contributed by atoms with Crippen molar-refractivity contribution in [2.24, 2.45) is 5.92 Å². The SMILES string of the molecule is CNC(=O)CN(C)C(=O)COC(=O)c1ccc(SCCC(C)C)c([N+](=O)[O-])c1. The fourth-order valence-corrected chi connectivity index (χ4v) is 3.27. The lowest BCUT2D eigenvalue weighted by Gasteiger charge is -2.16. The van der Waals surface area contributed by atoms with Crippen LogP contribution in [-0.4, -0.2) is 60.6 Å². The van der Waals surface area contributed by atoms with Gasteiger partial charge < -0.3 is 15.0 Å². The largest absolute Gasteiger partial charge is 0.452 e. The molecule has 0 aliphatic heterocycles. The monoisotopic (exact) mass is 411 g/mol. The lowest BCUT2D eigenvalue weighted by atomic mass is 10.2. The molecule has 0 aliphatic carbocycles. The Bertz CT molecular complexity index is 738. The van der Waals surface area contributed by atoms with Crippen molar-refractivity contribution in [3.63, 3.8) is 0 Å². The van der Waals surface area contributed by atoms with Crippen LogP contribution in [0, 0.1) is 16.0 Å². The molecule has 0 unspecified atom stereocenters. The minimum Gasteiger partial charge on any atom is -0.452 e. The van der Waals surface area contributed by atoms with Crippen molar-refractivity contribution in [1.29, 1.82) is 0 Å². The van der Waals surface area contributed by atoms with E-state index in [4.69, 9.17) is 4.74 Å². The number of nitro benzene ring substituents is 1. The Morgan fingerprint density at radius 2 is 2.00 bits per heavy atom. The minimum absolute atomic E-state index is 0.0123. The summed E-state index contributed by atoms with van der Waals surface area (Å²) in [6.07, 6.45) is 0.914. The van der Waals surface area contributed by atoms with Crippen LogP contribution in [-0.2, 0) is 14.3 Å². The Labute approximate surface area is 167 Å². The molecule has 1 rings (SSSR count). The number of nitrogens with one attached hydrogen (secondary N) is 1. The molecule has 0 saturated carbocycles. The van der Waals surface area contributed by atoms with E-state index in [-0.39, 0.29) is 23.7 Å². The standard InChI is InChI=1S/C18H25N3O6S/c1-12(2)7-8-28-15-6-5-13(9-14(15)21(25)26)18(24)27-11-17(23)20(4)10-16(22)19-3/h5-6,9,12H,7-8,10-11H2,1-4H3,(H,19,22). The molecule has 0 radical (unpaired) electrons. The Balaban J connectivity index is 2.74. The molecule has 9 nitrogen and oxygen atoms in total. The molecule has 154 valence electrons. The fraction of sp³-hybridized carbons (Fsp3) is 0.500. The van der Waals surface area contributed by atoms with E-state index in [0.717, 1.165) is 23.1 Å². The molecule has 2 amide bonds. The summed E-state index contributed by atoms with van der Waals surface area (Å²) < 4.78 is 4.92. The number of amides is 2. The van der Waals surface area contributed by atoms with Crippen molar-refractivity contribution in [2.75, 3.05) is 33.0 Å². The zero-order valence-corrected chi connectivity index (χ0v) is 17.2. The molecule has 0 aromatic heterocycles. The van der Waals surface area contributed by atoms with Gasteiger partial charge >= 0.3 is 5.97 Å². The van der Waals surface area contributed by atoms with Crippen molar-refractivity contribution in [3.05, 3.63) is 33.9 Å². The van der Waals surface area contributed by atoms with Gasteiger partial charge in [0, 0.05) is 20.2 Å². The zero-order valence-electron chi connectivity index (χ0n) is 16.4. The number of benzene rings is 1. The van der Waals surface area contributed by atoms with Gasteiger partial charge in [0.15, 0.2) is 6.61 Å². The molecule has 0 atom stereocenters. The van der Waals surface area contributed by atoms with Crippen molar-refractivity contribution in [1.82, 2.24) is 10.2 Å². The first kappa shape index (κ1) is 23.4. The highest BCUT2D eigenvalue weighted by atomic mass is 32.2. The summed E-state index contributed by atoms with van der Waals surface area (Å²) in [5.74, 6) is -0.548. The van der Waals surface area contributed by atoms with E-state index in [9.17, 15) is 24.5 Å². The lowest BCUT2D eigenvalue weighted by molar-refractivity contribution is -0.387. The van der Waals surface area contributed by atoms with E-state index in [1.807, 2.05) is 0 Å². The average molecular weight is 411 g/mol. The first-order valence-corrected chi connectivity index (χ1v) is 9.67. The van der Waals surface area contributed by atoms with Gasteiger partial charge in [-0.15, -0.1) is 11.8 Å². The molecule has 0 saturated heterocycles. The second kappa shape index (κ2) is 11.3. The summed E-state index contributed by atoms with van der Waals surface area (Å²) in [5.41, 5.74) is -0.187.